The SMILES string of the molecule is CNC1C=CN=C(Cl)/C1=C/NCC1=CC(C)=C(CCCF)N(C)C1. The Balaban J connectivity index is 2.00. The number of allylic oxidation sites excluding steroid dienone is 3. The first-order chi connectivity index (χ1) is 11.6. The molecule has 0 saturated carbocycles. The van der Waals surface area contributed by atoms with Crippen LogP contribution in [0.15, 0.2) is 52.0 Å². The average Bonchev–Trinajstić information content (AvgIpc) is 2.55. The second-order valence-electron chi connectivity index (χ2n) is 6.09. The number of aliphatic imine (C=N–C) groups is 1. The van der Waals surface area contributed by atoms with Gasteiger partial charge in [0.25, 0.3) is 0 Å². The van der Waals surface area contributed by atoms with Gasteiger partial charge in [-0.25, -0.2) is 4.99 Å². The fourth-order valence-corrected chi connectivity index (χ4v) is 3.29. The lowest BCUT2D eigenvalue weighted by Crippen LogP contribution is -2.32. The van der Waals surface area contributed by atoms with Crippen molar-refractivity contribution in [1.29, 1.82) is 0 Å². The predicted molar refractivity (Wildman–Crippen MR) is 100.0 cm³/mol. The van der Waals surface area contributed by atoms with Crippen LogP contribution in [-0.2, 0) is 0 Å². The first kappa shape index (κ1) is 18.7. The van der Waals surface area contributed by atoms with Gasteiger partial charge in [-0.1, -0.05) is 17.7 Å². The van der Waals surface area contributed by atoms with Gasteiger partial charge < -0.3 is 15.5 Å². The predicted octanol–water partition coefficient (Wildman–Crippen LogP) is 3.11. The highest BCUT2D eigenvalue weighted by Crippen LogP contribution is 2.23. The van der Waals surface area contributed by atoms with E-state index < -0.39 is 0 Å². The van der Waals surface area contributed by atoms with E-state index in [9.17, 15) is 4.39 Å². The number of rotatable bonds is 7. The molecule has 2 rings (SSSR count). The van der Waals surface area contributed by atoms with Crippen LogP contribution in [0.4, 0.5) is 4.39 Å². The molecule has 2 aliphatic heterocycles. The second-order valence-corrected chi connectivity index (χ2v) is 6.45. The van der Waals surface area contributed by atoms with E-state index in [1.54, 1.807) is 6.20 Å². The molecular weight excluding hydrogens is 327 g/mol. The summed E-state index contributed by atoms with van der Waals surface area (Å²) >= 11 is 6.18. The summed E-state index contributed by atoms with van der Waals surface area (Å²) in [6.45, 7) is 3.42. The van der Waals surface area contributed by atoms with E-state index in [2.05, 4.69) is 40.6 Å². The molecule has 1 atom stereocenters. The van der Waals surface area contributed by atoms with Crippen molar-refractivity contribution in [2.75, 3.05) is 33.9 Å². The van der Waals surface area contributed by atoms with Crippen molar-refractivity contribution in [2.24, 2.45) is 4.99 Å². The Morgan fingerprint density at radius 2 is 2.29 bits per heavy atom. The highest BCUT2D eigenvalue weighted by Gasteiger charge is 2.17. The Kier molecular flexibility index (Phi) is 7.06. The molecule has 0 aromatic rings. The van der Waals surface area contributed by atoms with Gasteiger partial charge in [0.1, 0.15) is 5.17 Å². The van der Waals surface area contributed by atoms with Gasteiger partial charge in [-0.05, 0) is 44.0 Å². The maximum absolute atomic E-state index is 12.4. The van der Waals surface area contributed by atoms with Crippen LogP contribution in [-0.4, -0.2) is 50.0 Å². The maximum Gasteiger partial charge on any atom is 0.135 e. The van der Waals surface area contributed by atoms with Gasteiger partial charge >= 0.3 is 0 Å². The Morgan fingerprint density at radius 1 is 1.50 bits per heavy atom. The number of hydrogen-bond acceptors (Lipinski definition) is 4. The quantitative estimate of drug-likeness (QED) is 0.739. The highest BCUT2D eigenvalue weighted by atomic mass is 35.5. The number of nitrogens with zero attached hydrogens (tertiary/aromatic N) is 2. The van der Waals surface area contributed by atoms with Crippen molar-refractivity contribution in [3.8, 4) is 0 Å². The van der Waals surface area contributed by atoms with Crippen molar-refractivity contribution in [1.82, 2.24) is 15.5 Å². The molecule has 0 aromatic carbocycles. The first-order valence-corrected chi connectivity index (χ1v) is 8.62. The molecule has 0 radical (unpaired) electrons. The van der Waals surface area contributed by atoms with Gasteiger partial charge in [-0.2, -0.15) is 0 Å². The van der Waals surface area contributed by atoms with Gasteiger partial charge in [-0.3, -0.25) is 4.39 Å². The van der Waals surface area contributed by atoms with E-state index in [1.807, 2.05) is 19.3 Å². The zero-order valence-corrected chi connectivity index (χ0v) is 15.3. The van der Waals surface area contributed by atoms with Crippen LogP contribution in [0, 0.1) is 0 Å². The lowest BCUT2D eigenvalue weighted by molar-refractivity contribution is 0.395. The van der Waals surface area contributed by atoms with Crippen LogP contribution in [0.1, 0.15) is 19.8 Å². The minimum absolute atomic E-state index is 0.0689. The molecule has 6 heteroatoms. The topological polar surface area (TPSA) is 39.7 Å². The summed E-state index contributed by atoms with van der Waals surface area (Å²) < 4.78 is 12.4. The Hall–Kier alpha value is -1.59. The third kappa shape index (κ3) is 4.71. The van der Waals surface area contributed by atoms with Gasteiger partial charge in [-0.15, -0.1) is 0 Å². The molecule has 2 N–H and O–H groups in total. The summed E-state index contributed by atoms with van der Waals surface area (Å²) in [4.78, 5) is 6.34. The van der Waals surface area contributed by atoms with Crippen molar-refractivity contribution in [2.45, 2.75) is 25.8 Å². The zero-order valence-electron chi connectivity index (χ0n) is 14.6. The summed E-state index contributed by atoms with van der Waals surface area (Å²) in [5.74, 6) is 0. The molecule has 132 valence electrons. The number of alkyl halides is 1. The molecule has 0 aliphatic carbocycles. The largest absolute Gasteiger partial charge is 0.387 e. The Bertz CT molecular complexity index is 604. The zero-order chi connectivity index (χ0) is 17.5. The van der Waals surface area contributed by atoms with Crippen LogP contribution in [0.2, 0.25) is 0 Å². The van der Waals surface area contributed by atoms with Crippen LogP contribution in [0.5, 0.6) is 0 Å². The first-order valence-electron chi connectivity index (χ1n) is 8.24. The fraction of sp³-hybridized carbons (Fsp3) is 0.500. The summed E-state index contributed by atoms with van der Waals surface area (Å²) in [6, 6.07) is 0.0689. The third-order valence-electron chi connectivity index (χ3n) is 4.26. The summed E-state index contributed by atoms with van der Waals surface area (Å²) in [5, 5.41) is 7.03. The summed E-state index contributed by atoms with van der Waals surface area (Å²) in [5.41, 5.74) is 4.67. The van der Waals surface area contributed by atoms with Gasteiger partial charge in [0.15, 0.2) is 0 Å². The van der Waals surface area contributed by atoms with E-state index in [0.717, 1.165) is 25.1 Å². The molecule has 24 heavy (non-hydrogen) atoms. The van der Waals surface area contributed by atoms with Crippen LogP contribution < -0.4 is 10.6 Å². The molecular formula is C18H26ClFN4. The minimum Gasteiger partial charge on any atom is -0.387 e. The van der Waals surface area contributed by atoms with Crippen LogP contribution in [0.3, 0.4) is 0 Å². The summed E-state index contributed by atoms with van der Waals surface area (Å²) in [7, 11) is 3.96. The Labute approximate surface area is 148 Å². The molecule has 0 aromatic heterocycles. The average molecular weight is 353 g/mol. The monoisotopic (exact) mass is 352 g/mol. The minimum atomic E-state index is -0.264. The van der Waals surface area contributed by atoms with E-state index in [-0.39, 0.29) is 12.7 Å². The van der Waals surface area contributed by atoms with Gasteiger partial charge in [0.05, 0.1) is 12.7 Å². The van der Waals surface area contributed by atoms with Crippen LogP contribution in [0.25, 0.3) is 0 Å². The molecule has 1 unspecified atom stereocenters. The number of halogens is 2. The van der Waals surface area contributed by atoms with Gasteiger partial charge in [0, 0.05) is 43.8 Å². The lowest BCUT2D eigenvalue weighted by atomic mass is 10.0. The van der Waals surface area contributed by atoms with E-state index in [4.69, 9.17) is 11.6 Å². The maximum atomic E-state index is 12.4. The Morgan fingerprint density at radius 3 is 2.96 bits per heavy atom. The van der Waals surface area contributed by atoms with Crippen molar-refractivity contribution < 1.29 is 4.39 Å². The van der Waals surface area contributed by atoms with E-state index in [1.165, 1.54) is 16.8 Å². The standard InChI is InChI=1S/C18H26ClFN4/c1-13-9-14(12-24(3)17(13)5-4-7-20)10-22-11-15-16(21-2)6-8-23-18(15)19/h6,8-9,11,16,21-22H,4-5,7,10,12H2,1-3H3/b15-11+. The smallest absolute Gasteiger partial charge is 0.135 e. The van der Waals surface area contributed by atoms with E-state index >= 15 is 0 Å². The van der Waals surface area contributed by atoms with Crippen molar-refractivity contribution >= 4 is 16.8 Å². The number of likely N-dealkylation sites (N-methyl/N-ethyl adjacent to an activating group) is 2. The molecule has 4 nitrogen and oxygen atoms in total. The van der Waals surface area contributed by atoms with Gasteiger partial charge in [0.2, 0.25) is 0 Å². The molecule has 0 fully saturated rings. The third-order valence-corrected chi connectivity index (χ3v) is 4.58. The van der Waals surface area contributed by atoms with Crippen molar-refractivity contribution in [3.63, 3.8) is 0 Å². The summed E-state index contributed by atoms with van der Waals surface area (Å²) in [6.07, 6.45) is 9.19. The van der Waals surface area contributed by atoms with E-state index in [0.29, 0.717) is 11.6 Å². The van der Waals surface area contributed by atoms with Crippen molar-refractivity contribution in [3.05, 3.63) is 47.0 Å². The normalized spacial score (nSPS) is 22.8. The lowest BCUT2D eigenvalue weighted by Gasteiger charge is -2.30. The molecule has 0 bridgehead atoms. The molecule has 0 amide bonds. The second kappa shape index (κ2) is 9.04. The van der Waals surface area contributed by atoms with Crippen LogP contribution >= 0.6 is 11.6 Å². The molecule has 0 saturated heterocycles. The molecule has 2 aliphatic rings. The molecule has 0 spiro atoms. The highest BCUT2D eigenvalue weighted by molar-refractivity contribution is 6.70. The molecule has 2 heterocycles. The number of hydrogen-bond donors (Lipinski definition) is 2. The fourth-order valence-electron chi connectivity index (χ4n) is 3.06. The number of nitrogens with one attached hydrogen (secondary N) is 2.